The highest BCUT2D eigenvalue weighted by Crippen LogP contribution is 2.13. The number of unbranched alkanes of at least 4 members (excludes halogenated alkanes) is 12. The van der Waals surface area contributed by atoms with Gasteiger partial charge < -0.3 is 5.32 Å². The van der Waals surface area contributed by atoms with Crippen molar-refractivity contribution >= 4 is 17.5 Å². The molecule has 0 saturated heterocycles. The molecule has 1 aromatic carbocycles. The summed E-state index contributed by atoms with van der Waals surface area (Å²) < 4.78 is 0. The van der Waals surface area contributed by atoms with Gasteiger partial charge in [-0.25, -0.2) is 0 Å². The summed E-state index contributed by atoms with van der Waals surface area (Å²) in [5.41, 5.74) is 1.09. The normalized spacial score (nSPS) is 10.8. The van der Waals surface area contributed by atoms with Crippen LogP contribution in [0.5, 0.6) is 0 Å². The smallest absolute Gasteiger partial charge is 0.220 e. The van der Waals surface area contributed by atoms with Crippen LogP contribution in [0.1, 0.15) is 102 Å². The molecule has 1 N–H and O–H groups in total. The van der Waals surface area contributed by atoms with Gasteiger partial charge in [0.2, 0.25) is 5.91 Å². The van der Waals surface area contributed by atoms with Crippen LogP contribution < -0.4 is 5.32 Å². The number of rotatable bonds is 16. The fourth-order valence-electron chi connectivity index (χ4n) is 3.19. The molecule has 0 spiro atoms. The number of halogens is 1. The highest BCUT2D eigenvalue weighted by molar-refractivity contribution is 6.30. The minimum Gasteiger partial charge on any atom is -0.352 e. The molecule has 1 amide bonds. The largest absolute Gasteiger partial charge is 0.352 e. The SMILES string of the molecule is CCCCCCCCCCCCCCCC(=O)NCc1ccc(Cl)cc1. The molecule has 0 aromatic heterocycles. The topological polar surface area (TPSA) is 29.1 Å². The maximum Gasteiger partial charge on any atom is 0.220 e. The summed E-state index contributed by atoms with van der Waals surface area (Å²) in [5, 5.41) is 3.71. The lowest BCUT2D eigenvalue weighted by atomic mass is 10.0. The second-order valence-corrected chi connectivity index (χ2v) is 7.83. The molecule has 26 heavy (non-hydrogen) atoms. The summed E-state index contributed by atoms with van der Waals surface area (Å²) in [6.45, 7) is 2.86. The number of hydrogen-bond acceptors (Lipinski definition) is 1. The Morgan fingerprint density at radius 3 is 1.73 bits per heavy atom. The Morgan fingerprint density at radius 2 is 1.23 bits per heavy atom. The van der Waals surface area contributed by atoms with E-state index in [4.69, 9.17) is 11.6 Å². The first-order valence-corrected chi connectivity index (χ1v) is 11.1. The van der Waals surface area contributed by atoms with E-state index in [2.05, 4.69) is 12.2 Å². The lowest BCUT2D eigenvalue weighted by Crippen LogP contribution is -2.22. The minimum atomic E-state index is 0.156. The zero-order valence-electron chi connectivity index (χ0n) is 16.7. The van der Waals surface area contributed by atoms with Gasteiger partial charge in [0.25, 0.3) is 0 Å². The molecule has 0 unspecified atom stereocenters. The van der Waals surface area contributed by atoms with Gasteiger partial charge in [-0.05, 0) is 24.1 Å². The van der Waals surface area contributed by atoms with Crippen molar-refractivity contribution in [3.8, 4) is 0 Å². The van der Waals surface area contributed by atoms with E-state index in [0.717, 1.165) is 17.0 Å². The average Bonchev–Trinajstić information content (AvgIpc) is 2.65. The van der Waals surface area contributed by atoms with Crippen LogP contribution in [0.25, 0.3) is 0 Å². The van der Waals surface area contributed by atoms with Crippen molar-refractivity contribution in [1.82, 2.24) is 5.32 Å². The fraction of sp³-hybridized carbons (Fsp3) is 0.696. The number of benzene rings is 1. The van der Waals surface area contributed by atoms with Crippen LogP contribution in [0, 0.1) is 0 Å². The predicted molar refractivity (Wildman–Crippen MR) is 114 cm³/mol. The van der Waals surface area contributed by atoms with Crippen LogP contribution in [0.3, 0.4) is 0 Å². The second-order valence-electron chi connectivity index (χ2n) is 7.40. The lowest BCUT2D eigenvalue weighted by molar-refractivity contribution is -0.121. The van der Waals surface area contributed by atoms with Gasteiger partial charge in [-0.15, -0.1) is 0 Å². The summed E-state index contributed by atoms with van der Waals surface area (Å²) in [7, 11) is 0. The third-order valence-electron chi connectivity index (χ3n) is 4.91. The van der Waals surface area contributed by atoms with Crippen LogP contribution in [0.4, 0.5) is 0 Å². The molecule has 148 valence electrons. The standard InChI is InChI=1S/C23H38ClNO/c1-2-3-4-5-6-7-8-9-10-11-12-13-14-15-23(26)25-20-21-16-18-22(24)19-17-21/h16-19H,2-15,20H2,1H3,(H,25,26). The van der Waals surface area contributed by atoms with Crippen molar-refractivity contribution in [2.75, 3.05) is 0 Å². The molecular weight excluding hydrogens is 342 g/mol. The first kappa shape index (κ1) is 23.0. The molecule has 0 aliphatic heterocycles. The molecule has 1 rings (SSSR count). The van der Waals surface area contributed by atoms with E-state index < -0.39 is 0 Å². The van der Waals surface area contributed by atoms with Crippen molar-refractivity contribution < 1.29 is 4.79 Å². The molecule has 1 aromatic rings. The maximum absolute atomic E-state index is 11.8. The molecule has 0 radical (unpaired) electrons. The zero-order valence-corrected chi connectivity index (χ0v) is 17.5. The van der Waals surface area contributed by atoms with Gasteiger partial charge in [-0.3, -0.25) is 4.79 Å². The molecule has 2 nitrogen and oxygen atoms in total. The van der Waals surface area contributed by atoms with E-state index in [0.29, 0.717) is 13.0 Å². The van der Waals surface area contributed by atoms with Gasteiger partial charge in [-0.2, -0.15) is 0 Å². The number of nitrogens with one attached hydrogen (secondary N) is 1. The molecule has 0 aliphatic rings. The Bertz CT molecular complexity index is 458. The molecule has 0 bridgehead atoms. The number of amides is 1. The van der Waals surface area contributed by atoms with Crippen molar-refractivity contribution in [2.24, 2.45) is 0 Å². The van der Waals surface area contributed by atoms with Crippen LogP contribution in [0.15, 0.2) is 24.3 Å². The summed E-state index contributed by atoms with van der Waals surface area (Å²) in [6, 6.07) is 7.62. The minimum absolute atomic E-state index is 0.156. The van der Waals surface area contributed by atoms with E-state index in [1.54, 1.807) is 0 Å². The van der Waals surface area contributed by atoms with Crippen molar-refractivity contribution in [1.29, 1.82) is 0 Å². The number of carbonyl (C=O) groups excluding carboxylic acids is 1. The van der Waals surface area contributed by atoms with E-state index in [1.807, 2.05) is 24.3 Å². The monoisotopic (exact) mass is 379 g/mol. The predicted octanol–water partition coefficient (Wildman–Crippen LogP) is 7.44. The van der Waals surface area contributed by atoms with E-state index in [-0.39, 0.29) is 5.91 Å². The van der Waals surface area contributed by atoms with Crippen molar-refractivity contribution in [2.45, 2.75) is 103 Å². The summed E-state index contributed by atoms with van der Waals surface area (Å²) in [5.74, 6) is 0.156. The maximum atomic E-state index is 11.8. The number of hydrogen-bond donors (Lipinski definition) is 1. The number of carbonyl (C=O) groups is 1. The van der Waals surface area contributed by atoms with Crippen LogP contribution >= 0.6 is 11.6 Å². The summed E-state index contributed by atoms with van der Waals surface area (Å²) in [4.78, 5) is 11.8. The first-order chi connectivity index (χ1) is 12.7. The van der Waals surface area contributed by atoms with Gasteiger partial charge in [-0.1, -0.05) is 108 Å². The van der Waals surface area contributed by atoms with Crippen LogP contribution in [-0.4, -0.2) is 5.91 Å². The third kappa shape index (κ3) is 13.2. The quantitative estimate of drug-likeness (QED) is 0.297. The van der Waals surface area contributed by atoms with Gasteiger partial charge >= 0.3 is 0 Å². The van der Waals surface area contributed by atoms with Crippen LogP contribution in [0.2, 0.25) is 5.02 Å². The van der Waals surface area contributed by atoms with E-state index in [1.165, 1.54) is 77.0 Å². The Balaban J connectivity index is 1.83. The second kappa shape index (κ2) is 16.2. The van der Waals surface area contributed by atoms with Gasteiger partial charge in [0.05, 0.1) is 0 Å². The Morgan fingerprint density at radius 1 is 0.769 bits per heavy atom. The molecule has 0 fully saturated rings. The lowest BCUT2D eigenvalue weighted by Gasteiger charge is -2.06. The average molecular weight is 380 g/mol. The van der Waals surface area contributed by atoms with Gasteiger partial charge in [0.15, 0.2) is 0 Å². The Kier molecular flexibility index (Phi) is 14.3. The summed E-state index contributed by atoms with van der Waals surface area (Å²) >= 11 is 5.86. The Hall–Kier alpha value is -1.02. The molecular formula is C23H38ClNO. The Labute approximate surface area is 166 Å². The van der Waals surface area contributed by atoms with Gasteiger partial charge in [0, 0.05) is 18.0 Å². The zero-order chi connectivity index (χ0) is 18.9. The molecule has 0 aliphatic carbocycles. The molecule has 0 heterocycles. The van der Waals surface area contributed by atoms with Crippen LogP contribution in [-0.2, 0) is 11.3 Å². The fourth-order valence-corrected chi connectivity index (χ4v) is 3.32. The molecule has 0 saturated carbocycles. The van der Waals surface area contributed by atoms with Crippen molar-refractivity contribution in [3.63, 3.8) is 0 Å². The van der Waals surface area contributed by atoms with Crippen molar-refractivity contribution in [3.05, 3.63) is 34.9 Å². The first-order valence-electron chi connectivity index (χ1n) is 10.7. The van der Waals surface area contributed by atoms with E-state index in [9.17, 15) is 4.79 Å². The van der Waals surface area contributed by atoms with Gasteiger partial charge in [0.1, 0.15) is 0 Å². The van der Waals surface area contributed by atoms with E-state index >= 15 is 0 Å². The highest BCUT2D eigenvalue weighted by atomic mass is 35.5. The highest BCUT2D eigenvalue weighted by Gasteiger charge is 2.01. The third-order valence-corrected chi connectivity index (χ3v) is 5.16. The molecule has 3 heteroatoms. The summed E-state index contributed by atoms with van der Waals surface area (Å²) in [6.07, 6.45) is 18.0. The molecule has 0 atom stereocenters.